The fraction of sp³-hybridized carbons (Fsp3) is 0.556. The molecule has 0 spiro atoms. The van der Waals surface area contributed by atoms with Crippen molar-refractivity contribution in [3.05, 3.63) is 12.7 Å². The van der Waals surface area contributed by atoms with Gasteiger partial charge >= 0.3 is 5.97 Å². The number of carbonyl (C=O) groups is 2. The van der Waals surface area contributed by atoms with Gasteiger partial charge in [0.2, 0.25) is 5.91 Å². The van der Waals surface area contributed by atoms with Gasteiger partial charge < -0.3 is 10.0 Å². The van der Waals surface area contributed by atoms with Gasteiger partial charge in [0, 0.05) is 13.1 Å². The van der Waals surface area contributed by atoms with Crippen LogP contribution in [-0.2, 0) is 9.59 Å². The highest BCUT2D eigenvalue weighted by atomic mass is 16.4. The Kier molecular flexibility index (Phi) is 2.40. The van der Waals surface area contributed by atoms with Crippen molar-refractivity contribution in [2.45, 2.75) is 13.3 Å². The fourth-order valence-electron chi connectivity index (χ4n) is 1.45. The van der Waals surface area contributed by atoms with Crippen LogP contribution in [0, 0.1) is 5.41 Å². The number of likely N-dealkylation sites (tertiary alicyclic amines) is 1. The average Bonchev–Trinajstić information content (AvgIpc) is 2.48. The Morgan fingerprint density at radius 2 is 2.23 bits per heavy atom. The third-order valence-corrected chi connectivity index (χ3v) is 2.48. The zero-order chi connectivity index (χ0) is 10.1. The summed E-state index contributed by atoms with van der Waals surface area (Å²) in [5.41, 5.74) is -0.779. The molecule has 0 bridgehead atoms. The smallest absolute Gasteiger partial charge is 0.311 e. The molecule has 1 heterocycles. The second-order valence-corrected chi connectivity index (χ2v) is 3.58. The summed E-state index contributed by atoms with van der Waals surface area (Å²) in [6, 6.07) is 0. The van der Waals surface area contributed by atoms with Gasteiger partial charge in [0.15, 0.2) is 0 Å². The monoisotopic (exact) mass is 183 g/mol. The van der Waals surface area contributed by atoms with Crippen molar-refractivity contribution >= 4 is 11.9 Å². The van der Waals surface area contributed by atoms with E-state index in [1.54, 1.807) is 6.92 Å². The molecule has 1 aliphatic heterocycles. The summed E-state index contributed by atoms with van der Waals surface area (Å²) < 4.78 is 0. The summed E-state index contributed by atoms with van der Waals surface area (Å²) in [5.74, 6) is -1.03. The molecule has 0 aliphatic carbocycles. The van der Waals surface area contributed by atoms with Crippen LogP contribution in [0.2, 0.25) is 0 Å². The number of nitrogens with zero attached hydrogens (tertiary/aromatic N) is 1. The SMILES string of the molecule is C=CC(=O)N1CCC(C)(C(=O)O)C1. The molecule has 13 heavy (non-hydrogen) atoms. The van der Waals surface area contributed by atoms with Gasteiger partial charge in [-0.15, -0.1) is 0 Å². The second-order valence-electron chi connectivity index (χ2n) is 3.58. The van der Waals surface area contributed by atoms with Crippen LogP contribution >= 0.6 is 0 Å². The lowest BCUT2D eigenvalue weighted by molar-refractivity contribution is -0.147. The third-order valence-electron chi connectivity index (χ3n) is 2.48. The molecule has 0 radical (unpaired) electrons. The molecule has 1 N–H and O–H groups in total. The molecule has 1 rings (SSSR count). The highest BCUT2D eigenvalue weighted by Gasteiger charge is 2.41. The molecule has 1 atom stereocenters. The largest absolute Gasteiger partial charge is 0.481 e. The molecular formula is C9H13NO3. The highest BCUT2D eigenvalue weighted by molar-refractivity contribution is 5.88. The molecule has 0 aromatic rings. The van der Waals surface area contributed by atoms with Gasteiger partial charge in [-0.25, -0.2) is 0 Å². The average molecular weight is 183 g/mol. The topological polar surface area (TPSA) is 57.6 Å². The summed E-state index contributed by atoms with van der Waals surface area (Å²) in [4.78, 5) is 23.5. The van der Waals surface area contributed by atoms with Gasteiger partial charge in [-0.05, 0) is 19.4 Å². The normalized spacial score (nSPS) is 27.3. The number of carboxylic acid groups (broad SMARTS) is 1. The number of rotatable bonds is 2. The summed E-state index contributed by atoms with van der Waals surface area (Å²) in [5, 5.41) is 8.88. The van der Waals surface area contributed by atoms with Crippen LogP contribution in [0.5, 0.6) is 0 Å². The van der Waals surface area contributed by atoms with E-state index in [4.69, 9.17) is 5.11 Å². The van der Waals surface area contributed by atoms with Crippen LogP contribution < -0.4 is 0 Å². The van der Waals surface area contributed by atoms with E-state index in [1.165, 1.54) is 11.0 Å². The number of carboxylic acids is 1. The van der Waals surface area contributed by atoms with Crippen LogP contribution in [-0.4, -0.2) is 35.0 Å². The lowest BCUT2D eigenvalue weighted by atomic mass is 9.90. The van der Waals surface area contributed by atoms with Crippen molar-refractivity contribution in [2.24, 2.45) is 5.41 Å². The first-order valence-electron chi connectivity index (χ1n) is 4.14. The zero-order valence-corrected chi connectivity index (χ0v) is 7.62. The van der Waals surface area contributed by atoms with E-state index < -0.39 is 11.4 Å². The van der Waals surface area contributed by atoms with Gasteiger partial charge in [-0.3, -0.25) is 9.59 Å². The first-order chi connectivity index (χ1) is 5.99. The first-order valence-corrected chi connectivity index (χ1v) is 4.14. The number of amides is 1. The van der Waals surface area contributed by atoms with Gasteiger partial charge in [0.05, 0.1) is 5.41 Å². The number of hydrogen-bond acceptors (Lipinski definition) is 2. The van der Waals surface area contributed by atoms with Crippen LogP contribution in [0.1, 0.15) is 13.3 Å². The fourth-order valence-corrected chi connectivity index (χ4v) is 1.45. The molecule has 1 fully saturated rings. The number of hydrogen-bond donors (Lipinski definition) is 1. The molecule has 1 amide bonds. The van der Waals surface area contributed by atoms with E-state index in [0.717, 1.165) is 0 Å². The molecule has 4 heteroatoms. The highest BCUT2D eigenvalue weighted by Crippen LogP contribution is 2.29. The van der Waals surface area contributed by atoms with Crippen LogP contribution in [0.4, 0.5) is 0 Å². The quantitative estimate of drug-likeness (QED) is 0.634. The number of carbonyl (C=O) groups excluding carboxylic acids is 1. The Bertz CT molecular complexity index is 262. The van der Waals surface area contributed by atoms with E-state index in [0.29, 0.717) is 13.0 Å². The lowest BCUT2D eigenvalue weighted by Crippen LogP contribution is -2.33. The Balaban J connectivity index is 2.68. The van der Waals surface area contributed by atoms with E-state index in [1.807, 2.05) is 0 Å². The molecule has 0 saturated carbocycles. The lowest BCUT2D eigenvalue weighted by Gasteiger charge is -2.18. The minimum Gasteiger partial charge on any atom is -0.481 e. The molecule has 0 aromatic carbocycles. The van der Waals surface area contributed by atoms with Crippen LogP contribution in [0.15, 0.2) is 12.7 Å². The first kappa shape index (κ1) is 9.77. The van der Waals surface area contributed by atoms with Crippen molar-refractivity contribution in [3.63, 3.8) is 0 Å². The molecule has 4 nitrogen and oxygen atoms in total. The predicted octanol–water partition coefficient (Wildman–Crippen LogP) is 0.496. The van der Waals surface area contributed by atoms with E-state index >= 15 is 0 Å². The Morgan fingerprint density at radius 3 is 2.62 bits per heavy atom. The summed E-state index contributed by atoms with van der Waals surface area (Å²) in [7, 11) is 0. The van der Waals surface area contributed by atoms with Gasteiger partial charge in [-0.2, -0.15) is 0 Å². The standard InChI is InChI=1S/C9H13NO3/c1-3-7(11)10-5-4-9(2,6-10)8(12)13/h3H,1,4-6H2,2H3,(H,12,13). The minimum atomic E-state index is -0.841. The zero-order valence-electron chi connectivity index (χ0n) is 7.62. The van der Waals surface area contributed by atoms with E-state index in [-0.39, 0.29) is 12.5 Å². The van der Waals surface area contributed by atoms with Crippen LogP contribution in [0.25, 0.3) is 0 Å². The molecule has 0 aromatic heterocycles. The maximum atomic E-state index is 11.1. The van der Waals surface area contributed by atoms with E-state index in [2.05, 4.69) is 6.58 Å². The Labute approximate surface area is 76.8 Å². The second kappa shape index (κ2) is 3.20. The third kappa shape index (κ3) is 1.71. The van der Waals surface area contributed by atoms with Crippen molar-refractivity contribution in [1.29, 1.82) is 0 Å². The van der Waals surface area contributed by atoms with Crippen molar-refractivity contribution in [1.82, 2.24) is 4.90 Å². The summed E-state index contributed by atoms with van der Waals surface area (Å²) in [6.45, 7) is 5.81. The Hall–Kier alpha value is -1.32. The molecule has 1 unspecified atom stereocenters. The van der Waals surface area contributed by atoms with Gasteiger partial charge in [0.25, 0.3) is 0 Å². The molecular weight excluding hydrogens is 170 g/mol. The van der Waals surface area contributed by atoms with Crippen molar-refractivity contribution in [3.8, 4) is 0 Å². The molecule has 1 saturated heterocycles. The Morgan fingerprint density at radius 1 is 1.62 bits per heavy atom. The van der Waals surface area contributed by atoms with Gasteiger partial charge in [-0.1, -0.05) is 6.58 Å². The van der Waals surface area contributed by atoms with Crippen LogP contribution in [0.3, 0.4) is 0 Å². The maximum Gasteiger partial charge on any atom is 0.311 e. The molecule has 72 valence electrons. The predicted molar refractivity (Wildman–Crippen MR) is 47.1 cm³/mol. The van der Waals surface area contributed by atoms with E-state index in [9.17, 15) is 9.59 Å². The van der Waals surface area contributed by atoms with Crippen molar-refractivity contribution in [2.75, 3.05) is 13.1 Å². The van der Waals surface area contributed by atoms with Gasteiger partial charge in [0.1, 0.15) is 0 Å². The maximum absolute atomic E-state index is 11.1. The van der Waals surface area contributed by atoms with Crippen molar-refractivity contribution < 1.29 is 14.7 Å². The minimum absolute atomic E-state index is 0.190. The number of aliphatic carboxylic acids is 1. The molecule has 1 aliphatic rings. The summed E-state index contributed by atoms with van der Waals surface area (Å²) in [6.07, 6.45) is 1.73. The summed E-state index contributed by atoms with van der Waals surface area (Å²) >= 11 is 0.